The maximum Gasteiger partial charge on any atom is 0.217 e. The molecular weight excluding hydrogens is 388 g/mol. The van der Waals surface area contributed by atoms with Gasteiger partial charge in [-0.05, 0) is 25.0 Å². The molecule has 1 fully saturated rings. The second-order valence-electron chi connectivity index (χ2n) is 7.03. The number of rotatable bonds is 9. The van der Waals surface area contributed by atoms with E-state index in [-0.39, 0.29) is 18.4 Å². The maximum absolute atomic E-state index is 11.2. The van der Waals surface area contributed by atoms with Crippen LogP contribution >= 0.6 is 11.8 Å². The molecule has 3 heterocycles. The van der Waals surface area contributed by atoms with Gasteiger partial charge in [-0.15, -0.1) is 10.2 Å². The molecule has 4 rings (SSSR count). The highest BCUT2D eigenvalue weighted by Crippen LogP contribution is 2.25. The molecule has 29 heavy (non-hydrogen) atoms. The predicted molar refractivity (Wildman–Crippen MR) is 110 cm³/mol. The van der Waals surface area contributed by atoms with Crippen LogP contribution in [0.15, 0.2) is 47.9 Å². The van der Waals surface area contributed by atoms with Gasteiger partial charge in [0.05, 0.1) is 24.5 Å². The molecule has 0 spiro atoms. The minimum Gasteiger partial charge on any atom is -0.376 e. The fraction of sp³-hybridized carbons (Fsp3) is 0.400. The molecular formula is C20H24N6O2S. The fourth-order valence-electron chi connectivity index (χ4n) is 3.33. The van der Waals surface area contributed by atoms with E-state index in [1.165, 1.54) is 0 Å². The van der Waals surface area contributed by atoms with E-state index in [0.29, 0.717) is 13.0 Å². The summed E-state index contributed by atoms with van der Waals surface area (Å²) in [7, 11) is 0. The molecule has 152 valence electrons. The summed E-state index contributed by atoms with van der Waals surface area (Å²) in [5, 5.41) is 13.9. The van der Waals surface area contributed by atoms with E-state index >= 15 is 0 Å². The van der Waals surface area contributed by atoms with Crippen LogP contribution in [0, 0.1) is 0 Å². The zero-order chi connectivity index (χ0) is 20.1. The predicted octanol–water partition coefficient (Wildman–Crippen LogP) is 2.35. The number of aromatic nitrogens is 5. The molecule has 1 aromatic carbocycles. The number of hydrogen-bond acceptors (Lipinski definition) is 6. The van der Waals surface area contributed by atoms with Crippen LogP contribution in [0.25, 0.3) is 5.69 Å². The van der Waals surface area contributed by atoms with Crippen molar-refractivity contribution in [3.05, 3.63) is 54.1 Å². The van der Waals surface area contributed by atoms with Crippen molar-refractivity contribution in [1.29, 1.82) is 0 Å². The number of amides is 1. The minimum atomic E-state index is -0.334. The van der Waals surface area contributed by atoms with Gasteiger partial charge in [0, 0.05) is 37.0 Å². The summed E-state index contributed by atoms with van der Waals surface area (Å²) in [6.07, 6.45) is 6.91. The van der Waals surface area contributed by atoms with E-state index in [9.17, 15) is 4.79 Å². The zero-order valence-corrected chi connectivity index (χ0v) is 16.9. The van der Waals surface area contributed by atoms with Crippen molar-refractivity contribution in [3.63, 3.8) is 0 Å². The number of para-hydroxylation sites is 1. The summed E-state index contributed by atoms with van der Waals surface area (Å²) in [5.74, 6) is 1.17. The van der Waals surface area contributed by atoms with Gasteiger partial charge >= 0.3 is 0 Å². The van der Waals surface area contributed by atoms with Gasteiger partial charge in [-0.2, -0.15) is 5.10 Å². The van der Waals surface area contributed by atoms with Crippen molar-refractivity contribution in [3.8, 4) is 5.69 Å². The Labute approximate surface area is 173 Å². The Morgan fingerprint density at radius 1 is 1.28 bits per heavy atom. The molecule has 0 bridgehead atoms. The van der Waals surface area contributed by atoms with Crippen molar-refractivity contribution in [2.45, 2.75) is 49.2 Å². The Morgan fingerprint density at radius 3 is 2.90 bits per heavy atom. The third-order valence-electron chi connectivity index (χ3n) is 4.82. The van der Waals surface area contributed by atoms with Gasteiger partial charge in [0.25, 0.3) is 0 Å². The van der Waals surface area contributed by atoms with Crippen LogP contribution in [0.2, 0.25) is 0 Å². The molecule has 0 saturated carbocycles. The van der Waals surface area contributed by atoms with Crippen molar-refractivity contribution in [2.75, 3.05) is 6.61 Å². The Morgan fingerprint density at radius 2 is 2.14 bits per heavy atom. The number of aryl methyl sites for hydroxylation is 1. The molecule has 1 unspecified atom stereocenters. The molecule has 1 atom stereocenters. The average Bonchev–Trinajstić information content (AvgIpc) is 3.48. The van der Waals surface area contributed by atoms with Gasteiger partial charge in [0.1, 0.15) is 5.82 Å². The number of carbonyl (C=O) groups excluding carboxylic acids is 1. The summed E-state index contributed by atoms with van der Waals surface area (Å²) in [4.78, 5) is 11.2. The van der Waals surface area contributed by atoms with E-state index in [1.54, 1.807) is 11.8 Å². The monoisotopic (exact) mass is 412 g/mol. The molecule has 3 aromatic rings. The normalized spacial score (nSPS) is 16.3. The van der Waals surface area contributed by atoms with Gasteiger partial charge < -0.3 is 15.0 Å². The molecule has 1 aliphatic heterocycles. The highest BCUT2D eigenvalue weighted by atomic mass is 32.2. The number of hydrogen-bond donors (Lipinski definition) is 1. The van der Waals surface area contributed by atoms with Crippen molar-refractivity contribution >= 4 is 17.7 Å². The van der Waals surface area contributed by atoms with Crippen molar-refractivity contribution in [1.82, 2.24) is 24.5 Å². The number of ether oxygens (including phenoxy) is 1. The zero-order valence-electron chi connectivity index (χ0n) is 16.1. The minimum absolute atomic E-state index is 0.165. The van der Waals surface area contributed by atoms with E-state index in [1.807, 2.05) is 47.4 Å². The maximum atomic E-state index is 11.2. The van der Waals surface area contributed by atoms with Crippen LogP contribution in [0.4, 0.5) is 0 Å². The number of primary amides is 1. The van der Waals surface area contributed by atoms with E-state index in [0.717, 1.165) is 47.4 Å². The second kappa shape index (κ2) is 9.23. The lowest BCUT2D eigenvalue weighted by molar-refractivity contribution is -0.118. The van der Waals surface area contributed by atoms with Crippen molar-refractivity contribution < 1.29 is 9.53 Å². The molecule has 9 heteroatoms. The molecule has 0 aliphatic carbocycles. The summed E-state index contributed by atoms with van der Waals surface area (Å²) in [5.41, 5.74) is 7.44. The number of nitrogens with two attached hydrogens (primary N) is 1. The first-order valence-electron chi connectivity index (χ1n) is 9.73. The lowest BCUT2D eigenvalue weighted by Crippen LogP contribution is -2.19. The average molecular weight is 413 g/mol. The third kappa shape index (κ3) is 5.04. The molecule has 0 radical (unpaired) electrons. The number of carbonyl (C=O) groups is 1. The van der Waals surface area contributed by atoms with Crippen LogP contribution in [0.3, 0.4) is 0 Å². The van der Waals surface area contributed by atoms with Gasteiger partial charge in [0.2, 0.25) is 5.91 Å². The number of thioether (sulfide) groups is 1. The molecule has 2 N–H and O–H groups in total. The summed E-state index contributed by atoms with van der Waals surface area (Å²) >= 11 is 1.61. The SMILES string of the molecule is NC(=O)CCc1nnc(SCc2cnn(-c3ccccc3)c2)n1CC1CCCO1. The second-order valence-corrected chi connectivity index (χ2v) is 7.97. The Bertz CT molecular complexity index is 949. The Balaban J connectivity index is 1.46. The van der Waals surface area contributed by atoms with Crippen LogP contribution in [-0.4, -0.2) is 43.2 Å². The largest absolute Gasteiger partial charge is 0.376 e. The summed E-state index contributed by atoms with van der Waals surface area (Å²) in [6.45, 7) is 1.50. The molecule has 2 aromatic heterocycles. The van der Waals surface area contributed by atoms with E-state index in [4.69, 9.17) is 10.5 Å². The Kier molecular flexibility index (Phi) is 6.26. The first-order valence-corrected chi connectivity index (χ1v) is 10.7. The molecule has 1 saturated heterocycles. The van der Waals surface area contributed by atoms with Gasteiger partial charge in [-0.1, -0.05) is 30.0 Å². The van der Waals surface area contributed by atoms with Gasteiger partial charge in [0.15, 0.2) is 5.16 Å². The van der Waals surface area contributed by atoms with E-state index in [2.05, 4.69) is 19.9 Å². The number of benzene rings is 1. The molecule has 8 nitrogen and oxygen atoms in total. The highest BCUT2D eigenvalue weighted by Gasteiger charge is 2.21. The van der Waals surface area contributed by atoms with Crippen LogP contribution in [0.5, 0.6) is 0 Å². The lowest BCUT2D eigenvalue weighted by atomic mass is 10.2. The standard InChI is InChI=1S/C20H24N6O2S/c21-18(27)8-9-19-23-24-20(25(19)13-17-7-4-10-28-17)29-14-15-11-22-26(12-15)16-5-2-1-3-6-16/h1-3,5-6,11-12,17H,4,7-10,13-14H2,(H2,21,27). The molecule has 1 aliphatic rings. The summed E-state index contributed by atoms with van der Waals surface area (Å²) in [6, 6.07) is 10.0. The molecule has 1 amide bonds. The van der Waals surface area contributed by atoms with Gasteiger partial charge in [-0.25, -0.2) is 4.68 Å². The third-order valence-corrected chi connectivity index (χ3v) is 5.86. The quantitative estimate of drug-likeness (QED) is 0.542. The smallest absolute Gasteiger partial charge is 0.217 e. The first kappa shape index (κ1) is 19.7. The topological polar surface area (TPSA) is 101 Å². The Hall–Kier alpha value is -2.65. The van der Waals surface area contributed by atoms with Crippen LogP contribution < -0.4 is 5.73 Å². The summed E-state index contributed by atoms with van der Waals surface area (Å²) < 4.78 is 9.73. The van der Waals surface area contributed by atoms with E-state index < -0.39 is 0 Å². The first-order chi connectivity index (χ1) is 14.2. The van der Waals surface area contributed by atoms with Crippen LogP contribution in [0.1, 0.15) is 30.7 Å². The number of nitrogens with zero attached hydrogens (tertiary/aromatic N) is 5. The fourth-order valence-corrected chi connectivity index (χ4v) is 4.20. The highest BCUT2D eigenvalue weighted by molar-refractivity contribution is 7.98. The van der Waals surface area contributed by atoms with Gasteiger partial charge in [-0.3, -0.25) is 4.79 Å². The van der Waals surface area contributed by atoms with Crippen LogP contribution in [-0.2, 0) is 28.2 Å². The lowest BCUT2D eigenvalue weighted by Gasteiger charge is -2.14. The van der Waals surface area contributed by atoms with Crippen molar-refractivity contribution in [2.24, 2.45) is 5.73 Å².